The van der Waals surface area contributed by atoms with Crippen molar-refractivity contribution in [3.8, 4) is 0 Å². The van der Waals surface area contributed by atoms with Crippen LogP contribution in [-0.4, -0.2) is 74.2 Å². The van der Waals surface area contributed by atoms with Gasteiger partial charge in [-0.1, -0.05) is 0 Å². The first-order valence-corrected chi connectivity index (χ1v) is 10.00. The number of aryl methyl sites for hydroxylation is 2. The van der Waals surface area contributed by atoms with Crippen molar-refractivity contribution in [1.82, 2.24) is 28.8 Å². The molecule has 0 spiro atoms. The minimum absolute atomic E-state index is 0.136. The maximum atomic E-state index is 12.8. The van der Waals surface area contributed by atoms with Gasteiger partial charge in [0.15, 0.2) is 0 Å². The lowest BCUT2D eigenvalue weighted by Crippen LogP contribution is -2.51. The van der Waals surface area contributed by atoms with Gasteiger partial charge in [-0.05, 0) is 13.8 Å². The molecular formula is C15H21N7O5S. The molecule has 152 valence electrons. The number of nitrogens with zero attached hydrogens (tertiary/aromatic N) is 7. The molecule has 0 bridgehead atoms. The summed E-state index contributed by atoms with van der Waals surface area (Å²) in [5, 5.41) is 18.8. The van der Waals surface area contributed by atoms with Crippen molar-refractivity contribution in [2.75, 3.05) is 26.2 Å². The van der Waals surface area contributed by atoms with Gasteiger partial charge in [0.1, 0.15) is 23.3 Å². The molecule has 0 unspecified atom stereocenters. The summed E-state index contributed by atoms with van der Waals surface area (Å²) in [5.41, 5.74) is 0.644. The van der Waals surface area contributed by atoms with E-state index in [1.807, 2.05) is 0 Å². The lowest BCUT2D eigenvalue weighted by molar-refractivity contribution is -0.385. The molecule has 1 aliphatic heterocycles. The SMILES string of the molecule is Cc1nn(CC(=O)N2CCN(S(=O)(=O)c3cnn(C)c3C)CC2)cc1[N+](=O)[O-]. The summed E-state index contributed by atoms with van der Waals surface area (Å²) in [4.78, 5) is 24.5. The third kappa shape index (κ3) is 3.62. The number of amides is 1. The monoisotopic (exact) mass is 411 g/mol. The Morgan fingerprint density at radius 3 is 2.39 bits per heavy atom. The molecular weight excluding hydrogens is 390 g/mol. The number of hydrogen-bond acceptors (Lipinski definition) is 7. The highest BCUT2D eigenvalue weighted by atomic mass is 32.2. The van der Waals surface area contributed by atoms with Crippen molar-refractivity contribution >= 4 is 21.6 Å². The van der Waals surface area contributed by atoms with E-state index in [0.29, 0.717) is 5.69 Å². The molecule has 28 heavy (non-hydrogen) atoms. The largest absolute Gasteiger partial charge is 0.338 e. The molecule has 0 N–H and O–H groups in total. The number of carbonyl (C=O) groups is 1. The highest BCUT2D eigenvalue weighted by Crippen LogP contribution is 2.21. The molecule has 1 saturated heterocycles. The Morgan fingerprint density at radius 1 is 1.25 bits per heavy atom. The molecule has 0 aliphatic carbocycles. The van der Waals surface area contributed by atoms with Crippen LogP contribution in [0.15, 0.2) is 17.3 Å². The fourth-order valence-electron chi connectivity index (χ4n) is 3.05. The summed E-state index contributed by atoms with van der Waals surface area (Å²) in [6.45, 7) is 3.86. The first kappa shape index (κ1) is 19.9. The van der Waals surface area contributed by atoms with Crippen LogP contribution in [-0.2, 0) is 28.4 Å². The molecule has 1 amide bonds. The van der Waals surface area contributed by atoms with Crippen LogP contribution < -0.4 is 0 Å². The van der Waals surface area contributed by atoms with Gasteiger partial charge in [-0.15, -0.1) is 0 Å². The van der Waals surface area contributed by atoms with E-state index in [0.717, 1.165) is 0 Å². The zero-order valence-corrected chi connectivity index (χ0v) is 16.6. The van der Waals surface area contributed by atoms with E-state index >= 15 is 0 Å². The summed E-state index contributed by atoms with van der Waals surface area (Å²) in [6.07, 6.45) is 2.55. The Hall–Kier alpha value is -2.80. The average Bonchev–Trinajstić information content (AvgIpc) is 3.18. The number of sulfonamides is 1. The molecule has 1 fully saturated rings. The maximum Gasteiger partial charge on any atom is 0.309 e. The van der Waals surface area contributed by atoms with E-state index in [1.165, 1.54) is 37.9 Å². The lowest BCUT2D eigenvalue weighted by Gasteiger charge is -2.33. The summed E-state index contributed by atoms with van der Waals surface area (Å²) in [6, 6.07) is 0. The van der Waals surface area contributed by atoms with Crippen LogP contribution in [0.3, 0.4) is 0 Å². The number of aromatic nitrogens is 4. The quantitative estimate of drug-likeness (QED) is 0.485. The van der Waals surface area contributed by atoms with Gasteiger partial charge >= 0.3 is 5.69 Å². The van der Waals surface area contributed by atoms with Crippen LogP contribution in [0.25, 0.3) is 0 Å². The van der Waals surface area contributed by atoms with E-state index < -0.39 is 14.9 Å². The molecule has 0 saturated carbocycles. The average molecular weight is 411 g/mol. The number of hydrogen-bond donors (Lipinski definition) is 0. The van der Waals surface area contributed by atoms with Crippen LogP contribution in [0.1, 0.15) is 11.4 Å². The van der Waals surface area contributed by atoms with Crippen LogP contribution in [0.5, 0.6) is 0 Å². The standard InChI is InChI=1S/C15H21N7O5S/c1-11-13(22(24)25)9-20(17-11)10-15(23)19-4-6-21(7-5-19)28(26,27)14-8-16-18(3)12(14)2/h8-9H,4-7,10H2,1-3H3. The normalized spacial score (nSPS) is 15.8. The molecule has 0 radical (unpaired) electrons. The Balaban J connectivity index is 1.63. The molecule has 0 atom stereocenters. The van der Waals surface area contributed by atoms with E-state index in [9.17, 15) is 23.3 Å². The summed E-state index contributed by atoms with van der Waals surface area (Å²) >= 11 is 0. The zero-order valence-electron chi connectivity index (χ0n) is 15.8. The maximum absolute atomic E-state index is 12.8. The molecule has 12 nitrogen and oxygen atoms in total. The molecule has 2 aromatic rings. The second kappa shape index (κ2) is 7.31. The van der Waals surface area contributed by atoms with Crippen molar-refractivity contribution in [2.45, 2.75) is 25.3 Å². The molecule has 3 heterocycles. The van der Waals surface area contributed by atoms with Gasteiger partial charge in [0.25, 0.3) is 0 Å². The van der Waals surface area contributed by atoms with Crippen LogP contribution in [0.4, 0.5) is 5.69 Å². The number of piperazine rings is 1. The van der Waals surface area contributed by atoms with Crippen molar-refractivity contribution < 1.29 is 18.1 Å². The van der Waals surface area contributed by atoms with Gasteiger partial charge in [0, 0.05) is 33.2 Å². The Kier molecular flexibility index (Phi) is 5.21. The third-order valence-electron chi connectivity index (χ3n) is 4.81. The fraction of sp³-hybridized carbons (Fsp3) is 0.533. The van der Waals surface area contributed by atoms with Gasteiger partial charge in [0.2, 0.25) is 15.9 Å². The van der Waals surface area contributed by atoms with Crippen molar-refractivity contribution in [3.63, 3.8) is 0 Å². The topological polar surface area (TPSA) is 136 Å². The minimum Gasteiger partial charge on any atom is -0.338 e. The highest BCUT2D eigenvalue weighted by Gasteiger charge is 2.32. The molecule has 13 heteroatoms. The molecule has 1 aliphatic rings. The van der Waals surface area contributed by atoms with E-state index in [-0.39, 0.29) is 54.9 Å². The molecule has 2 aromatic heterocycles. The third-order valence-corrected chi connectivity index (χ3v) is 6.82. The zero-order chi connectivity index (χ0) is 20.6. The summed E-state index contributed by atoms with van der Waals surface area (Å²) in [5.74, 6) is -0.271. The van der Waals surface area contributed by atoms with Crippen LogP contribution >= 0.6 is 0 Å². The highest BCUT2D eigenvalue weighted by molar-refractivity contribution is 7.89. The number of rotatable bonds is 5. The smallest absolute Gasteiger partial charge is 0.309 e. The van der Waals surface area contributed by atoms with Crippen molar-refractivity contribution in [3.05, 3.63) is 33.9 Å². The van der Waals surface area contributed by atoms with Gasteiger partial charge in [0.05, 0.1) is 16.8 Å². The predicted octanol–water partition coefficient (Wildman–Crippen LogP) is -0.325. The number of nitro groups is 1. The number of carbonyl (C=O) groups excluding carboxylic acids is 1. The van der Waals surface area contributed by atoms with Gasteiger partial charge in [-0.3, -0.25) is 24.3 Å². The summed E-state index contributed by atoms with van der Waals surface area (Å²) in [7, 11) is -2.00. The van der Waals surface area contributed by atoms with Crippen LogP contribution in [0.2, 0.25) is 0 Å². The lowest BCUT2D eigenvalue weighted by atomic mass is 10.3. The Labute approximate surface area is 161 Å². The van der Waals surface area contributed by atoms with Gasteiger partial charge < -0.3 is 4.90 Å². The minimum atomic E-state index is -3.67. The van der Waals surface area contributed by atoms with E-state index in [1.54, 1.807) is 14.0 Å². The first-order valence-electron chi connectivity index (χ1n) is 8.56. The Bertz CT molecular complexity index is 1020. The van der Waals surface area contributed by atoms with E-state index in [2.05, 4.69) is 10.2 Å². The molecule has 0 aromatic carbocycles. The predicted molar refractivity (Wildman–Crippen MR) is 96.9 cm³/mol. The van der Waals surface area contributed by atoms with Gasteiger partial charge in [-0.25, -0.2) is 8.42 Å². The Morgan fingerprint density at radius 2 is 1.89 bits per heavy atom. The fourth-order valence-corrected chi connectivity index (χ4v) is 4.66. The van der Waals surface area contributed by atoms with Gasteiger partial charge in [-0.2, -0.15) is 14.5 Å². The first-order chi connectivity index (χ1) is 13.1. The second-order valence-electron chi connectivity index (χ2n) is 6.56. The van der Waals surface area contributed by atoms with E-state index in [4.69, 9.17) is 0 Å². The van der Waals surface area contributed by atoms with Crippen molar-refractivity contribution in [1.29, 1.82) is 0 Å². The second-order valence-corrected chi connectivity index (χ2v) is 8.46. The molecule has 3 rings (SSSR count). The van der Waals surface area contributed by atoms with Crippen LogP contribution in [0, 0.1) is 24.0 Å². The summed E-state index contributed by atoms with van der Waals surface area (Å²) < 4.78 is 29.6. The van der Waals surface area contributed by atoms with Crippen molar-refractivity contribution in [2.24, 2.45) is 7.05 Å².